The molecule has 3 aromatic rings. The second-order valence-corrected chi connectivity index (χ2v) is 9.17. The maximum Gasteiger partial charge on any atom is 0.161 e. The molecule has 0 saturated heterocycles. The highest BCUT2D eigenvalue weighted by molar-refractivity contribution is 7.12. The number of carbonyl (C=O) groups excluding carboxylic acids is 1. The zero-order valence-corrected chi connectivity index (χ0v) is 18.2. The molecule has 1 unspecified atom stereocenters. The Hall–Kier alpha value is -3.36. The van der Waals surface area contributed by atoms with E-state index >= 15 is 0 Å². The van der Waals surface area contributed by atoms with Gasteiger partial charge < -0.3 is 5.73 Å². The van der Waals surface area contributed by atoms with Crippen LogP contribution in [0.1, 0.15) is 41.9 Å². The number of nitriles is 1. The molecule has 1 aromatic heterocycles. The third kappa shape index (κ3) is 3.07. The van der Waals surface area contributed by atoms with E-state index in [1.165, 1.54) is 4.88 Å². The molecular weight excluding hydrogens is 402 g/mol. The first-order valence-corrected chi connectivity index (χ1v) is 11.5. The Bertz CT molecular complexity index is 1300. The molecule has 2 aromatic carbocycles. The lowest BCUT2D eigenvalue weighted by molar-refractivity contribution is -0.116. The number of nitrogens with zero attached hydrogens (tertiary/aromatic N) is 2. The monoisotopic (exact) mass is 425 g/mol. The average molecular weight is 426 g/mol. The van der Waals surface area contributed by atoms with Crippen molar-refractivity contribution >= 4 is 33.6 Å². The van der Waals surface area contributed by atoms with Crippen LogP contribution in [0.4, 0.5) is 5.69 Å². The first kappa shape index (κ1) is 19.6. The maximum atomic E-state index is 13.2. The van der Waals surface area contributed by atoms with Gasteiger partial charge in [-0.15, -0.1) is 11.3 Å². The number of allylic oxidation sites excluding steroid dienone is 3. The van der Waals surface area contributed by atoms with E-state index in [0.29, 0.717) is 17.8 Å². The van der Waals surface area contributed by atoms with Gasteiger partial charge in [-0.05, 0) is 42.8 Å². The minimum Gasteiger partial charge on any atom is -0.384 e. The smallest absolute Gasteiger partial charge is 0.161 e. The van der Waals surface area contributed by atoms with Crippen LogP contribution >= 0.6 is 11.3 Å². The first-order chi connectivity index (χ1) is 15.1. The number of hydrogen-bond acceptors (Lipinski definition) is 5. The summed E-state index contributed by atoms with van der Waals surface area (Å²) < 4.78 is 0. The third-order valence-corrected chi connectivity index (χ3v) is 7.53. The fourth-order valence-corrected chi connectivity index (χ4v) is 5.86. The minimum absolute atomic E-state index is 0.128. The molecule has 1 atom stereocenters. The van der Waals surface area contributed by atoms with E-state index in [9.17, 15) is 10.1 Å². The molecule has 154 valence electrons. The highest BCUT2D eigenvalue weighted by Gasteiger charge is 2.41. The highest BCUT2D eigenvalue weighted by Crippen LogP contribution is 2.48. The lowest BCUT2D eigenvalue weighted by atomic mass is 9.78. The standard InChI is InChI=1S/C26H23N3OS/c1-2-17-13-14-23(31-17)24-19(15-27)26(28)29(21-11-6-12-22(30)25(21)24)20-10-5-8-16-7-3-4-9-18(16)20/h3-5,7-10,13-14,24H,2,6,11-12,28H2,1H3. The van der Waals surface area contributed by atoms with Crippen molar-refractivity contribution in [3.05, 3.63) is 87.0 Å². The number of anilines is 1. The summed E-state index contributed by atoms with van der Waals surface area (Å²) in [5, 5.41) is 12.3. The van der Waals surface area contributed by atoms with Crippen LogP contribution < -0.4 is 10.6 Å². The molecule has 2 heterocycles. The Morgan fingerprint density at radius 3 is 2.71 bits per heavy atom. The molecular formula is C26H23N3OS. The second-order valence-electron chi connectivity index (χ2n) is 7.97. The van der Waals surface area contributed by atoms with Gasteiger partial charge in [0.15, 0.2) is 5.78 Å². The topological polar surface area (TPSA) is 70.1 Å². The molecule has 2 aliphatic rings. The van der Waals surface area contributed by atoms with Crippen molar-refractivity contribution in [2.75, 3.05) is 4.90 Å². The van der Waals surface area contributed by atoms with E-state index < -0.39 is 0 Å². The second kappa shape index (κ2) is 7.72. The van der Waals surface area contributed by atoms with Crippen molar-refractivity contribution in [1.29, 1.82) is 5.26 Å². The summed E-state index contributed by atoms with van der Waals surface area (Å²) >= 11 is 1.67. The van der Waals surface area contributed by atoms with Crippen LogP contribution in [0.3, 0.4) is 0 Å². The third-order valence-electron chi connectivity index (χ3n) is 6.24. The van der Waals surface area contributed by atoms with Gasteiger partial charge in [0, 0.05) is 32.8 Å². The SMILES string of the molecule is CCc1ccc(C2C(C#N)=C(N)N(c3cccc4ccccc34)C3=C2C(=O)CCC3)s1. The fourth-order valence-electron chi connectivity index (χ4n) is 4.79. The number of ketones is 1. The van der Waals surface area contributed by atoms with Gasteiger partial charge in [0.2, 0.25) is 0 Å². The first-order valence-electron chi connectivity index (χ1n) is 10.7. The van der Waals surface area contributed by atoms with Crippen molar-refractivity contribution in [2.24, 2.45) is 5.73 Å². The molecule has 2 N–H and O–H groups in total. The molecule has 31 heavy (non-hydrogen) atoms. The molecule has 0 amide bonds. The Kier molecular flexibility index (Phi) is 4.88. The van der Waals surface area contributed by atoms with Crippen LogP contribution in [0.15, 0.2) is 77.3 Å². The van der Waals surface area contributed by atoms with Gasteiger partial charge >= 0.3 is 0 Å². The van der Waals surface area contributed by atoms with E-state index in [1.54, 1.807) is 11.3 Å². The van der Waals surface area contributed by atoms with Crippen molar-refractivity contribution < 1.29 is 4.79 Å². The number of nitrogens with two attached hydrogens (primary N) is 1. The summed E-state index contributed by atoms with van der Waals surface area (Å²) in [7, 11) is 0. The van der Waals surface area contributed by atoms with E-state index in [0.717, 1.165) is 51.9 Å². The summed E-state index contributed by atoms with van der Waals surface area (Å²) in [5.74, 6) is 0.191. The quantitative estimate of drug-likeness (QED) is 0.578. The molecule has 4 nitrogen and oxygen atoms in total. The van der Waals surface area contributed by atoms with Gasteiger partial charge in [0.05, 0.1) is 23.2 Å². The number of thiophene rings is 1. The van der Waals surface area contributed by atoms with Gasteiger partial charge in [-0.3, -0.25) is 9.69 Å². The summed E-state index contributed by atoms with van der Waals surface area (Å²) in [6.07, 6.45) is 3.02. The van der Waals surface area contributed by atoms with E-state index in [4.69, 9.17) is 5.73 Å². The predicted molar refractivity (Wildman–Crippen MR) is 126 cm³/mol. The average Bonchev–Trinajstić information content (AvgIpc) is 3.27. The lowest BCUT2D eigenvalue weighted by Gasteiger charge is -2.39. The predicted octanol–water partition coefficient (Wildman–Crippen LogP) is 5.77. The number of hydrogen-bond donors (Lipinski definition) is 1. The Morgan fingerprint density at radius 1 is 1.13 bits per heavy atom. The van der Waals surface area contributed by atoms with Gasteiger partial charge in [-0.25, -0.2) is 0 Å². The molecule has 0 fully saturated rings. The van der Waals surface area contributed by atoms with Gasteiger partial charge in [-0.1, -0.05) is 43.3 Å². The van der Waals surface area contributed by atoms with E-state index in [2.05, 4.69) is 43.3 Å². The lowest BCUT2D eigenvalue weighted by Crippen LogP contribution is -2.38. The number of aryl methyl sites for hydroxylation is 1. The number of carbonyl (C=O) groups is 1. The zero-order valence-electron chi connectivity index (χ0n) is 17.4. The summed E-state index contributed by atoms with van der Waals surface area (Å²) in [6.45, 7) is 2.12. The molecule has 5 rings (SSSR count). The molecule has 1 aliphatic carbocycles. The summed E-state index contributed by atoms with van der Waals surface area (Å²) in [5.41, 5.74) is 9.79. The molecule has 0 bridgehead atoms. The molecule has 5 heteroatoms. The minimum atomic E-state index is -0.371. The maximum absolute atomic E-state index is 13.2. The van der Waals surface area contributed by atoms with Crippen LogP contribution in [0.25, 0.3) is 10.8 Å². The highest BCUT2D eigenvalue weighted by atomic mass is 32.1. The van der Waals surface area contributed by atoms with Crippen molar-refractivity contribution in [1.82, 2.24) is 0 Å². The number of Topliss-reactive ketones (excluding diaryl/α,β-unsaturated/α-hetero) is 1. The van der Waals surface area contributed by atoms with Crippen LogP contribution in [0.5, 0.6) is 0 Å². The summed E-state index contributed by atoms with van der Waals surface area (Å²) in [4.78, 5) is 17.5. The number of fused-ring (bicyclic) bond motifs is 1. The number of benzene rings is 2. The zero-order chi connectivity index (χ0) is 21.5. The molecule has 0 spiro atoms. The van der Waals surface area contributed by atoms with Gasteiger partial charge in [0.25, 0.3) is 0 Å². The largest absolute Gasteiger partial charge is 0.384 e. The van der Waals surface area contributed by atoms with Crippen LogP contribution in [0, 0.1) is 11.3 Å². The normalized spacial score (nSPS) is 19.0. The van der Waals surface area contributed by atoms with Gasteiger partial charge in [-0.2, -0.15) is 5.26 Å². The summed E-state index contributed by atoms with van der Waals surface area (Å²) in [6, 6.07) is 20.7. The van der Waals surface area contributed by atoms with Crippen LogP contribution in [-0.4, -0.2) is 5.78 Å². The molecule has 1 aliphatic heterocycles. The van der Waals surface area contributed by atoms with Crippen molar-refractivity contribution in [3.8, 4) is 6.07 Å². The molecule has 0 radical (unpaired) electrons. The van der Waals surface area contributed by atoms with Crippen LogP contribution in [-0.2, 0) is 11.2 Å². The Labute approximate surface area is 185 Å². The fraction of sp³-hybridized carbons (Fsp3) is 0.231. The van der Waals surface area contributed by atoms with Gasteiger partial charge in [0.1, 0.15) is 5.82 Å². The van der Waals surface area contributed by atoms with Crippen LogP contribution in [0.2, 0.25) is 0 Å². The van der Waals surface area contributed by atoms with E-state index in [1.807, 2.05) is 29.2 Å². The number of rotatable bonds is 3. The molecule has 0 saturated carbocycles. The Balaban J connectivity index is 1.78. The van der Waals surface area contributed by atoms with Crippen molar-refractivity contribution in [2.45, 2.75) is 38.5 Å². The Morgan fingerprint density at radius 2 is 1.94 bits per heavy atom. The van der Waals surface area contributed by atoms with E-state index in [-0.39, 0.29) is 11.7 Å². The van der Waals surface area contributed by atoms with Crippen molar-refractivity contribution in [3.63, 3.8) is 0 Å².